The maximum atomic E-state index is 11.3. The van der Waals surface area contributed by atoms with Crippen LogP contribution in [0.25, 0.3) is 0 Å². The van der Waals surface area contributed by atoms with E-state index in [-0.39, 0.29) is 23.5 Å². The summed E-state index contributed by atoms with van der Waals surface area (Å²) in [5.41, 5.74) is 0. The van der Waals surface area contributed by atoms with Crippen molar-refractivity contribution in [3.63, 3.8) is 0 Å². The molecular weight excluding hydrogens is 214 g/mol. The van der Waals surface area contributed by atoms with E-state index >= 15 is 0 Å². The first kappa shape index (κ1) is 12.0. The molecule has 1 unspecified atom stereocenters. The summed E-state index contributed by atoms with van der Waals surface area (Å²) in [6, 6.07) is -0.224. The molecule has 1 aliphatic rings. The lowest BCUT2D eigenvalue weighted by Crippen LogP contribution is -2.34. The lowest BCUT2D eigenvalue weighted by Gasteiger charge is -2.07. The van der Waals surface area contributed by atoms with Gasteiger partial charge in [-0.15, -0.1) is 0 Å². The molecule has 1 fully saturated rings. The highest BCUT2D eigenvalue weighted by Crippen LogP contribution is 2.10. The largest absolute Gasteiger partial charge is 0.349 e. The summed E-state index contributed by atoms with van der Waals surface area (Å²) in [6.45, 7) is 1.85. The minimum absolute atomic E-state index is 0.0657. The maximum absolute atomic E-state index is 11.3. The molecule has 1 saturated heterocycles. The number of amides is 1. The number of hydrogen-bond donors (Lipinski definition) is 1. The lowest BCUT2D eigenvalue weighted by atomic mass is 10.2. The van der Waals surface area contributed by atoms with Crippen molar-refractivity contribution in [3.8, 4) is 0 Å². The fraction of sp³-hybridized carbons (Fsp3) is 0.500. The zero-order chi connectivity index (χ0) is 11.3. The van der Waals surface area contributed by atoms with E-state index in [2.05, 4.69) is 5.32 Å². The predicted octanol–water partition coefficient (Wildman–Crippen LogP) is 0.422. The Morgan fingerprint density at radius 3 is 2.67 bits per heavy atom. The van der Waals surface area contributed by atoms with Crippen LogP contribution in [-0.2, 0) is 14.6 Å². The van der Waals surface area contributed by atoms with Crippen molar-refractivity contribution in [2.75, 3.05) is 11.5 Å². The molecule has 5 heteroatoms. The van der Waals surface area contributed by atoms with Crippen LogP contribution in [0, 0.1) is 0 Å². The first-order valence-electron chi connectivity index (χ1n) is 4.84. The van der Waals surface area contributed by atoms with Crippen molar-refractivity contribution in [3.05, 3.63) is 24.3 Å². The molecule has 0 spiro atoms. The van der Waals surface area contributed by atoms with Crippen molar-refractivity contribution in [1.29, 1.82) is 0 Å². The van der Waals surface area contributed by atoms with Crippen LogP contribution in [0.5, 0.6) is 0 Å². The van der Waals surface area contributed by atoms with Gasteiger partial charge in [0, 0.05) is 12.1 Å². The normalized spacial score (nSPS) is 25.0. The summed E-state index contributed by atoms with van der Waals surface area (Å²) in [5.74, 6) is 0.00222. The van der Waals surface area contributed by atoms with Crippen molar-refractivity contribution in [1.82, 2.24) is 5.32 Å². The van der Waals surface area contributed by atoms with Gasteiger partial charge in [-0.3, -0.25) is 4.79 Å². The molecular formula is C10H15NO3S. The van der Waals surface area contributed by atoms with Gasteiger partial charge >= 0.3 is 0 Å². The fourth-order valence-corrected chi connectivity index (χ4v) is 3.09. The van der Waals surface area contributed by atoms with Gasteiger partial charge in [0.05, 0.1) is 11.5 Å². The molecule has 0 aliphatic carbocycles. The second-order valence-corrected chi connectivity index (χ2v) is 5.72. The number of rotatable bonds is 3. The van der Waals surface area contributed by atoms with Gasteiger partial charge in [0.2, 0.25) is 5.91 Å². The first-order chi connectivity index (χ1) is 7.03. The highest BCUT2D eigenvalue weighted by Gasteiger charge is 2.28. The Labute approximate surface area is 90.0 Å². The number of allylic oxidation sites excluding steroid dienone is 3. The average molecular weight is 229 g/mol. The molecule has 0 aromatic heterocycles. The van der Waals surface area contributed by atoms with Crippen LogP contribution >= 0.6 is 0 Å². The van der Waals surface area contributed by atoms with E-state index in [1.807, 2.05) is 13.0 Å². The summed E-state index contributed by atoms with van der Waals surface area (Å²) in [5, 5.41) is 2.65. The molecule has 1 amide bonds. The summed E-state index contributed by atoms with van der Waals surface area (Å²) in [7, 11) is -2.92. The molecule has 1 rings (SSSR count). The molecule has 0 aromatic carbocycles. The Kier molecular flexibility index (Phi) is 4.08. The van der Waals surface area contributed by atoms with Crippen molar-refractivity contribution in [2.45, 2.75) is 19.4 Å². The predicted molar refractivity (Wildman–Crippen MR) is 59.2 cm³/mol. The highest BCUT2D eigenvalue weighted by molar-refractivity contribution is 7.91. The van der Waals surface area contributed by atoms with Gasteiger partial charge in [0.1, 0.15) is 0 Å². The minimum atomic E-state index is -2.92. The van der Waals surface area contributed by atoms with Gasteiger partial charge in [-0.1, -0.05) is 18.2 Å². The third-order valence-electron chi connectivity index (χ3n) is 2.13. The van der Waals surface area contributed by atoms with Gasteiger partial charge in [0.25, 0.3) is 0 Å². The zero-order valence-electron chi connectivity index (χ0n) is 8.64. The number of hydrogen-bond acceptors (Lipinski definition) is 3. The van der Waals surface area contributed by atoms with Crippen LogP contribution in [0.1, 0.15) is 13.3 Å². The van der Waals surface area contributed by atoms with Gasteiger partial charge in [0.15, 0.2) is 9.84 Å². The van der Waals surface area contributed by atoms with Crippen LogP contribution in [0.4, 0.5) is 0 Å². The van der Waals surface area contributed by atoms with Crippen LogP contribution in [-0.4, -0.2) is 31.9 Å². The van der Waals surface area contributed by atoms with E-state index in [4.69, 9.17) is 0 Å². The van der Waals surface area contributed by atoms with Gasteiger partial charge in [-0.05, 0) is 13.3 Å². The molecule has 1 N–H and O–H groups in total. The number of carbonyl (C=O) groups excluding carboxylic acids is 1. The SMILES string of the molecule is C/C=C/C=C/C(=O)NC1CCS(=O)(=O)C1. The maximum Gasteiger partial charge on any atom is 0.244 e. The lowest BCUT2D eigenvalue weighted by molar-refractivity contribution is -0.117. The Morgan fingerprint density at radius 2 is 2.13 bits per heavy atom. The van der Waals surface area contributed by atoms with Crippen LogP contribution in [0.2, 0.25) is 0 Å². The third kappa shape index (κ3) is 4.29. The van der Waals surface area contributed by atoms with E-state index in [0.29, 0.717) is 6.42 Å². The van der Waals surface area contributed by atoms with Gasteiger partial charge in [-0.2, -0.15) is 0 Å². The van der Waals surface area contributed by atoms with Crippen molar-refractivity contribution < 1.29 is 13.2 Å². The van der Waals surface area contributed by atoms with E-state index in [0.717, 1.165) is 0 Å². The van der Waals surface area contributed by atoms with E-state index in [1.54, 1.807) is 12.2 Å². The Hall–Kier alpha value is -1.10. The number of nitrogens with one attached hydrogen (secondary N) is 1. The summed E-state index contributed by atoms with van der Waals surface area (Å²) in [4.78, 5) is 11.3. The number of carbonyl (C=O) groups is 1. The molecule has 0 radical (unpaired) electrons. The van der Waals surface area contributed by atoms with Crippen LogP contribution < -0.4 is 5.32 Å². The topological polar surface area (TPSA) is 63.2 Å². The quantitative estimate of drug-likeness (QED) is 0.563. The van der Waals surface area contributed by atoms with E-state index < -0.39 is 9.84 Å². The van der Waals surface area contributed by atoms with Gasteiger partial charge < -0.3 is 5.32 Å². The smallest absolute Gasteiger partial charge is 0.244 e. The summed E-state index contributed by atoms with van der Waals surface area (Å²) >= 11 is 0. The second-order valence-electron chi connectivity index (χ2n) is 3.49. The summed E-state index contributed by atoms with van der Waals surface area (Å²) in [6.07, 6.45) is 7.09. The first-order valence-corrected chi connectivity index (χ1v) is 6.66. The van der Waals surface area contributed by atoms with E-state index in [9.17, 15) is 13.2 Å². The van der Waals surface area contributed by atoms with Crippen LogP contribution in [0.15, 0.2) is 24.3 Å². The molecule has 0 aromatic rings. The van der Waals surface area contributed by atoms with Gasteiger partial charge in [-0.25, -0.2) is 8.42 Å². The molecule has 84 valence electrons. The molecule has 15 heavy (non-hydrogen) atoms. The Bertz CT molecular complexity index is 381. The average Bonchev–Trinajstić information content (AvgIpc) is 2.46. The molecule has 1 atom stereocenters. The molecule has 1 aliphatic heterocycles. The summed E-state index contributed by atoms with van der Waals surface area (Å²) < 4.78 is 22.2. The zero-order valence-corrected chi connectivity index (χ0v) is 9.46. The molecule has 0 saturated carbocycles. The third-order valence-corrected chi connectivity index (χ3v) is 3.90. The number of sulfone groups is 1. The van der Waals surface area contributed by atoms with Crippen molar-refractivity contribution in [2.24, 2.45) is 0 Å². The Morgan fingerprint density at radius 1 is 1.40 bits per heavy atom. The highest BCUT2D eigenvalue weighted by atomic mass is 32.2. The molecule has 1 heterocycles. The second kappa shape index (κ2) is 5.11. The Balaban J connectivity index is 2.40. The standard InChI is InChI=1S/C10H15NO3S/c1-2-3-4-5-10(12)11-9-6-7-15(13,14)8-9/h2-5,9H,6-8H2,1H3,(H,11,12)/b3-2+,5-4+. The van der Waals surface area contributed by atoms with Crippen molar-refractivity contribution >= 4 is 15.7 Å². The molecule has 4 nitrogen and oxygen atoms in total. The molecule has 0 bridgehead atoms. The van der Waals surface area contributed by atoms with Crippen LogP contribution in [0.3, 0.4) is 0 Å². The monoisotopic (exact) mass is 229 g/mol. The fourth-order valence-electron chi connectivity index (χ4n) is 1.41. The van der Waals surface area contributed by atoms with E-state index in [1.165, 1.54) is 6.08 Å². The minimum Gasteiger partial charge on any atom is -0.349 e.